The Morgan fingerprint density at radius 1 is 1.11 bits per heavy atom. The zero-order valence-electron chi connectivity index (χ0n) is 20.6. The van der Waals surface area contributed by atoms with Crippen LogP contribution in [0.15, 0.2) is 52.3 Å². The van der Waals surface area contributed by atoms with Crippen molar-refractivity contribution in [3.8, 4) is 22.5 Å². The van der Waals surface area contributed by atoms with Crippen molar-refractivity contribution in [2.24, 2.45) is 0 Å². The van der Waals surface area contributed by atoms with Crippen LogP contribution in [0.2, 0.25) is 0 Å². The number of aromatic nitrogens is 3. The van der Waals surface area contributed by atoms with Gasteiger partial charge in [0.05, 0.1) is 12.9 Å². The first-order valence-electron chi connectivity index (χ1n) is 11.6. The first kappa shape index (κ1) is 26.1. The molecule has 0 radical (unpaired) electrons. The molecule has 0 unspecified atom stereocenters. The van der Waals surface area contributed by atoms with Gasteiger partial charge in [-0.3, -0.25) is 4.79 Å². The van der Waals surface area contributed by atoms with Crippen molar-refractivity contribution < 1.29 is 14.3 Å². The average molecular weight is 541 g/mol. The third-order valence-electron chi connectivity index (χ3n) is 5.46. The fraction of sp³-hybridized carbons (Fsp3) is 0.308. The number of hydrogen-bond donors (Lipinski definition) is 1. The van der Waals surface area contributed by atoms with Crippen LogP contribution in [0.5, 0.6) is 0 Å². The lowest BCUT2D eigenvalue weighted by atomic mass is 10.0. The monoisotopic (exact) mass is 540 g/mol. The summed E-state index contributed by atoms with van der Waals surface area (Å²) < 4.78 is 7.07. The van der Waals surface area contributed by atoms with Crippen LogP contribution in [-0.4, -0.2) is 39.5 Å². The molecule has 1 amide bonds. The summed E-state index contributed by atoms with van der Waals surface area (Å²) in [6, 6.07) is 11.7. The van der Waals surface area contributed by atoms with Gasteiger partial charge in [0, 0.05) is 33.3 Å². The number of esters is 1. The molecule has 7 nitrogen and oxygen atoms in total. The second-order valence-electron chi connectivity index (χ2n) is 8.40. The zero-order valence-corrected chi connectivity index (χ0v) is 23.1. The molecule has 0 aliphatic carbocycles. The van der Waals surface area contributed by atoms with E-state index >= 15 is 0 Å². The van der Waals surface area contributed by atoms with E-state index in [2.05, 4.69) is 52.3 Å². The summed E-state index contributed by atoms with van der Waals surface area (Å²) in [5.74, 6) is 0.709. The van der Waals surface area contributed by atoms with E-state index in [1.54, 1.807) is 11.3 Å². The highest BCUT2D eigenvalue weighted by Gasteiger charge is 2.23. The van der Waals surface area contributed by atoms with Crippen LogP contribution in [0, 0.1) is 0 Å². The van der Waals surface area contributed by atoms with Gasteiger partial charge >= 0.3 is 5.97 Å². The van der Waals surface area contributed by atoms with Crippen molar-refractivity contribution >= 4 is 51.3 Å². The first-order chi connectivity index (χ1) is 17.4. The van der Waals surface area contributed by atoms with Gasteiger partial charge in [0.1, 0.15) is 10.6 Å². The average Bonchev–Trinajstić information content (AvgIpc) is 3.62. The van der Waals surface area contributed by atoms with Gasteiger partial charge in [0.2, 0.25) is 5.91 Å². The lowest BCUT2D eigenvalue weighted by molar-refractivity contribution is -0.113. The zero-order chi connectivity index (χ0) is 25.7. The number of carbonyl (C=O) groups excluding carboxylic acids is 2. The van der Waals surface area contributed by atoms with Crippen LogP contribution in [0.25, 0.3) is 22.5 Å². The van der Waals surface area contributed by atoms with E-state index in [9.17, 15) is 9.59 Å². The van der Waals surface area contributed by atoms with Gasteiger partial charge in [-0.2, -0.15) is 0 Å². The second-order valence-corrected chi connectivity index (χ2v) is 11.2. The Morgan fingerprint density at radius 3 is 2.56 bits per heavy atom. The smallest absolute Gasteiger partial charge is 0.341 e. The number of anilines is 1. The number of thioether (sulfide) groups is 1. The van der Waals surface area contributed by atoms with Gasteiger partial charge in [0.15, 0.2) is 11.0 Å². The van der Waals surface area contributed by atoms with E-state index in [0.717, 1.165) is 35.5 Å². The van der Waals surface area contributed by atoms with Gasteiger partial charge in [-0.1, -0.05) is 62.9 Å². The summed E-state index contributed by atoms with van der Waals surface area (Å²) in [6.07, 6.45) is 0.923. The van der Waals surface area contributed by atoms with Crippen molar-refractivity contribution in [2.45, 2.75) is 44.8 Å². The highest BCUT2D eigenvalue weighted by molar-refractivity contribution is 7.99. The lowest BCUT2D eigenvalue weighted by Crippen LogP contribution is -2.16. The van der Waals surface area contributed by atoms with E-state index in [0.29, 0.717) is 21.6 Å². The number of hydrogen-bond acceptors (Lipinski definition) is 8. The quantitative estimate of drug-likeness (QED) is 0.176. The molecule has 0 aliphatic heterocycles. The molecule has 0 atom stereocenters. The number of benzene rings is 1. The highest BCUT2D eigenvalue weighted by atomic mass is 32.2. The normalized spacial score (nSPS) is 11.1. The first-order valence-corrected chi connectivity index (χ1v) is 14.4. The number of nitrogens with one attached hydrogen (secondary N) is 1. The lowest BCUT2D eigenvalue weighted by Gasteiger charge is -2.09. The maximum atomic E-state index is 12.9. The highest BCUT2D eigenvalue weighted by Crippen LogP contribution is 2.36. The van der Waals surface area contributed by atoms with Crippen molar-refractivity contribution in [1.29, 1.82) is 0 Å². The molecule has 0 spiro atoms. The van der Waals surface area contributed by atoms with Gasteiger partial charge in [-0.05, 0) is 24.0 Å². The Morgan fingerprint density at radius 2 is 1.89 bits per heavy atom. The van der Waals surface area contributed by atoms with Crippen LogP contribution in [0.4, 0.5) is 5.00 Å². The molecule has 4 aromatic rings. The molecule has 0 fully saturated rings. The third kappa shape index (κ3) is 5.71. The molecular weight excluding hydrogens is 513 g/mol. The maximum Gasteiger partial charge on any atom is 0.341 e. The fourth-order valence-corrected chi connectivity index (χ4v) is 6.33. The Balaban J connectivity index is 1.50. The molecule has 188 valence electrons. The Bertz CT molecular complexity index is 1340. The summed E-state index contributed by atoms with van der Waals surface area (Å²) in [5, 5.41) is 16.8. The maximum absolute atomic E-state index is 12.9. The molecule has 36 heavy (non-hydrogen) atoms. The molecule has 3 heterocycles. The number of nitrogens with zero attached hydrogens (tertiary/aromatic N) is 3. The van der Waals surface area contributed by atoms with Crippen LogP contribution in [0.3, 0.4) is 0 Å². The number of rotatable bonds is 10. The summed E-state index contributed by atoms with van der Waals surface area (Å²) in [6.45, 7) is 7.22. The number of amides is 1. The molecule has 3 aromatic heterocycles. The molecule has 1 aromatic carbocycles. The van der Waals surface area contributed by atoms with E-state index < -0.39 is 5.97 Å². The van der Waals surface area contributed by atoms with Crippen LogP contribution in [-0.2, 0) is 16.1 Å². The molecule has 0 saturated heterocycles. The van der Waals surface area contributed by atoms with Gasteiger partial charge in [-0.25, -0.2) is 4.79 Å². The largest absolute Gasteiger partial charge is 0.465 e. The number of carbonyl (C=O) groups is 2. The van der Waals surface area contributed by atoms with Crippen LogP contribution >= 0.6 is 34.4 Å². The minimum absolute atomic E-state index is 0.141. The topological polar surface area (TPSA) is 86.1 Å². The molecule has 0 bridgehead atoms. The summed E-state index contributed by atoms with van der Waals surface area (Å²) in [4.78, 5) is 26.7. The predicted molar refractivity (Wildman–Crippen MR) is 148 cm³/mol. The van der Waals surface area contributed by atoms with Crippen molar-refractivity contribution in [2.75, 3.05) is 18.2 Å². The van der Waals surface area contributed by atoms with Crippen molar-refractivity contribution in [3.63, 3.8) is 0 Å². The van der Waals surface area contributed by atoms with E-state index in [-0.39, 0.29) is 11.7 Å². The molecule has 4 rings (SSSR count). The predicted octanol–water partition coefficient (Wildman–Crippen LogP) is 6.79. The molecule has 0 saturated carbocycles. The van der Waals surface area contributed by atoms with Crippen molar-refractivity contribution in [3.05, 3.63) is 57.6 Å². The van der Waals surface area contributed by atoms with E-state index in [1.807, 2.05) is 35.7 Å². The summed E-state index contributed by atoms with van der Waals surface area (Å²) >= 11 is 4.37. The number of ether oxygens (including phenoxy) is 1. The van der Waals surface area contributed by atoms with E-state index in [4.69, 9.17) is 4.74 Å². The SMILES string of the molecule is CCCn1c(SCC(=O)Nc2scc(-c3ccccc3)c2C(=O)OC)nnc1-c1csc(C(C)C)c1. The number of thiophene rings is 2. The Kier molecular flexibility index (Phi) is 8.60. The minimum Gasteiger partial charge on any atom is -0.465 e. The van der Waals surface area contributed by atoms with Gasteiger partial charge < -0.3 is 14.6 Å². The Labute approximate surface area is 222 Å². The molecule has 1 N–H and O–H groups in total. The van der Waals surface area contributed by atoms with E-state index in [1.165, 1.54) is 35.1 Å². The van der Waals surface area contributed by atoms with Crippen molar-refractivity contribution in [1.82, 2.24) is 14.8 Å². The van der Waals surface area contributed by atoms with Crippen LogP contribution < -0.4 is 5.32 Å². The summed E-state index contributed by atoms with van der Waals surface area (Å²) in [5.41, 5.74) is 3.04. The molecule has 0 aliphatic rings. The fourth-order valence-electron chi connectivity index (χ4n) is 3.68. The minimum atomic E-state index is -0.484. The summed E-state index contributed by atoms with van der Waals surface area (Å²) in [7, 11) is 1.34. The van der Waals surface area contributed by atoms with Gasteiger partial charge in [0.25, 0.3) is 0 Å². The third-order valence-corrected chi connectivity index (χ3v) is 8.56. The number of methoxy groups -OCH3 is 1. The van der Waals surface area contributed by atoms with Gasteiger partial charge in [-0.15, -0.1) is 32.9 Å². The molecular formula is C26H28N4O3S3. The second kappa shape index (κ2) is 11.9. The standard InChI is InChI=1S/C26H28N4O3S3/c1-5-11-30-23(18-12-20(16(2)3)34-13-18)28-29-26(30)36-15-21(31)27-24-22(25(32)33-4)19(14-35-24)17-9-7-6-8-10-17/h6-10,12-14,16H,5,11,15H2,1-4H3,(H,27,31). The molecule has 10 heteroatoms. The Hall–Kier alpha value is -2.95. The van der Waals surface area contributed by atoms with Crippen LogP contribution in [0.1, 0.15) is 48.3 Å².